The standard InChI is InChI=1S/C25H30ClNO5S/c1-17-13-22(18(2)27(17)21-9-12-33(30,31)16-21)23(28)15-32-24(29)25(10-4-3-5-11-25)19-7-6-8-20(26)14-19/h6-8,13-14,21H,3-5,9-12,15-16H2,1-2H3. The van der Waals surface area contributed by atoms with Gasteiger partial charge in [-0.25, -0.2) is 8.42 Å². The van der Waals surface area contributed by atoms with Crippen LogP contribution in [0.25, 0.3) is 0 Å². The minimum atomic E-state index is -3.04. The molecule has 2 aliphatic rings. The summed E-state index contributed by atoms with van der Waals surface area (Å²) in [5.41, 5.74) is 2.10. The lowest BCUT2D eigenvalue weighted by Gasteiger charge is -2.35. The molecule has 1 atom stereocenters. The Morgan fingerprint density at radius 1 is 1.15 bits per heavy atom. The monoisotopic (exact) mass is 491 g/mol. The van der Waals surface area contributed by atoms with Crippen molar-refractivity contribution in [1.29, 1.82) is 0 Å². The van der Waals surface area contributed by atoms with E-state index in [9.17, 15) is 18.0 Å². The second-order valence-corrected chi connectivity index (χ2v) is 12.0. The first-order valence-corrected chi connectivity index (χ1v) is 13.7. The van der Waals surface area contributed by atoms with E-state index in [1.54, 1.807) is 12.1 Å². The van der Waals surface area contributed by atoms with Gasteiger partial charge in [0, 0.05) is 28.0 Å². The van der Waals surface area contributed by atoms with E-state index in [-0.39, 0.29) is 35.9 Å². The topological polar surface area (TPSA) is 82.4 Å². The van der Waals surface area contributed by atoms with Gasteiger partial charge in [-0.3, -0.25) is 9.59 Å². The van der Waals surface area contributed by atoms with Crippen LogP contribution in [0.5, 0.6) is 0 Å². The minimum absolute atomic E-state index is 0.0914. The lowest BCUT2D eigenvalue weighted by atomic mass is 9.69. The smallest absolute Gasteiger partial charge is 0.317 e. The predicted molar refractivity (Wildman–Crippen MR) is 128 cm³/mol. The van der Waals surface area contributed by atoms with Crippen molar-refractivity contribution < 1.29 is 22.7 Å². The number of halogens is 1. The Bertz CT molecular complexity index is 1180. The first-order valence-electron chi connectivity index (χ1n) is 11.5. The molecule has 0 radical (unpaired) electrons. The lowest BCUT2D eigenvalue weighted by Crippen LogP contribution is -2.40. The number of aromatic nitrogens is 1. The van der Waals surface area contributed by atoms with Crippen LogP contribution in [-0.2, 0) is 24.8 Å². The third-order valence-electron chi connectivity index (χ3n) is 7.17. The van der Waals surface area contributed by atoms with Gasteiger partial charge in [-0.2, -0.15) is 0 Å². The van der Waals surface area contributed by atoms with Gasteiger partial charge < -0.3 is 9.30 Å². The Labute approximate surface area is 200 Å². The van der Waals surface area contributed by atoms with E-state index in [4.69, 9.17) is 16.3 Å². The molecule has 1 aliphatic carbocycles. The lowest BCUT2D eigenvalue weighted by molar-refractivity contribution is -0.151. The van der Waals surface area contributed by atoms with Crippen LogP contribution in [0, 0.1) is 13.8 Å². The Morgan fingerprint density at radius 2 is 1.88 bits per heavy atom. The molecule has 1 saturated carbocycles. The van der Waals surface area contributed by atoms with E-state index in [1.165, 1.54) is 0 Å². The summed E-state index contributed by atoms with van der Waals surface area (Å²) >= 11 is 6.20. The highest BCUT2D eigenvalue weighted by atomic mass is 35.5. The SMILES string of the molecule is Cc1cc(C(=O)COC(=O)C2(c3cccc(Cl)c3)CCCCC2)c(C)n1C1CCS(=O)(=O)C1. The number of hydrogen-bond donors (Lipinski definition) is 0. The molecule has 0 bridgehead atoms. The van der Waals surface area contributed by atoms with Crippen molar-refractivity contribution in [3.8, 4) is 0 Å². The molecule has 1 aromatic carbocycles. The molecule has 4 rings (SSSR count). The number of aryl methyl sites for hydroxylation is 1. The molecule has 2 aromatic rings. The first-order chi connectivity index (χ1) is 15.6. The molecule has 33 heavy (non-hydrogen) atoms. The fourth-order valence-electron chi connectivity index (χ4n) is 5.50. The average molecular weight is 492 g/mol. The zero-order valence-electron chi connectivity index (χ0n) is 19.1. The van der Waals surface area contributed by atoms with E-state index < -0.39 is 15.3 Å². The summed E-state index contributed by atoms with van der Waals surface area (Å²) in [5.74, 6) is -0.399. The van der Waals surface area contributed by atoms with Crippen LogP contribution in [0.1, 0.15) is 71.9 Å². The van der Waals surface area contributed by atoms with E-state index in [2.05, 4.69) is 0 Å². The summed E-state index contributed by atoms with van der Waals surface area (Å²) in [4.78, 5) is 26.3. The van der Waals surface area contributed by atoms with Gasteiger partial charge >= 0.3 is 5.97 Å². The van der Waals surface area contributed by atoms with Crippen LogP contribution in [-0.4, -0.2) is 42.9 Å². The third-order valence-corrected chi connectivity index (χ3v) is 9.15. The summed E-state index contributed by atoms with van der Waals surface area (Å²) in [6.07, 6.45) is 4.79. The summed E-state index contributed by atoms with van der Waals surface area (Å²) in [7, 11) is -3.04. The van der Waals surface area contributed by atoms with Gasteiger partial charge in [0.1, 0.15) is 0 Å². The fourth-order valence-corrected chi connectivity index (χ4v) is 7.39. The second kappa shape index (κ2) is 9.26. The normalized spacial score (nSPS) is 21.6. The quantitative estimate of drug-likeness (QED) is 0.430. The van der Waals surface area contributed by atoms with E-state index in [0.717, 1.165) is 36.2 Å². The fraction of sp³-hybridized carbons (Fsp3) is 0.520. The Hall–Kier alpha value is -2.12. The van der Waals surface area contributed by atoms with Crippen LogP contribution < -0.4 is 0 Å². The van der Waals surface area contributed by atoms with Crippen molar-refractivity contribution in [2.75, 3.05) is 18.1 Å². The van der Waals surface area contributed by atoms with Gasteiger partial charge in [-0.15, -0.1) is 0 Å². The van der Waals surface area contributed by atoms with Crippen LogP contribution in [0.2, 0.25) is 5.02 Å². The molecule has 6 nitrogen and oxygen atoms in total. The molecule has 1 aromatic heterocycles. The number of nitrogens with zero attached hydrogens (tertiary/aromatic N) is 1. The number of esters is 1. The Balaban J connectivity index is 1.51. The molecule has 2 fully saturated rings. The molecule has 0 amide bonds. The highest BCUT2D eigenvalue weighted by Crippen LogP contribution is 2.41. The van der Waals surface area contributed by atoms with E-state index >= 15 is 0 Å². The van der Waals surface area contributed by atoms with E-state index in [1.807, 2.05) is 36.6 Å². The zero-order valence-corrected chi connectivity index (χ0v) is 20.7. The molecule has 2 heterocycles. The number of hydrogen-bond acceptors (Lipinski definition) is 5. The van der Waals surface area contributed by atoms with Crippen LogP contribution in [0.4, 0.5) is 0 Å². The van der Waals surface area contributed by atoms with Crippen molar-refractivity contribution in [2.24, 2.45) is 0 Å². The molecular formula is C25H30ClNO5S. The Morgan fingerprint density at radius 3 is 2.52 bits per heavy atom. The molecule has 178 valence electrons. The molecule has 1 aliphatic heterocycles. The van der Waals surface area contributed by atoms with Crippen molar-refractivity contribution >= 4 is 33.2 Å². The van der Waals surface area contributed by atoms with Crippen molar-refractivity contribution in [3.05, 3.63) is 57.9 Å². The number of sulfone groups is 1. The molecule has 1 saturated heterocycles. The van der Waals surface area contributed by atoms with Crippen LogP contribution in [0.15, 0.2) is 30.3 Å². The first kappa shape index (κ1) is 24.0. The number of benzene rings is 1. The van der Waals surface area contributed by atoms with Crippen molar-refractivity contribution in [2.45, 2.75) is 63.8 Å². The maximum Gasteiger partial charge on any atom is 0.317 e. The van der Waals surface area contributed by atoms with Crippen LogP contribution >= 0.6 is 11.6 Å². The molecule has 0 N–H and O–H groups in total. The number of rotatable bonds is 6. The summed E-state index contributed by atoms with van der Waals surface area (Å²) in [6.45, 7) is 3.35. The number of ether oxygens (including phenoxy) is 1. The highest BCUT2D eigenvalue weighted by Gasteiger charge is 2.43. The molecule has 8 heteroatoms. The van der Waals surface area contributed by atoms with Gasteiger partial charge in [-0.1, -0.05) is 43.0 Å². The largest absolute Gasteiger partial charge is 0.457 e. The average Bonchev–Trinajstić information content (AvgIpc) is 3.29. The van der Waals surface area contributed by atoms with Crippen LogP contribution in [0.3, 0.4) is 0 Å². The highest BCUT2D eigenvalue weighted by molar-refractivity contribution is 7.91. The summed E-state index contributed by atoms with van der Waals surface area (Å²) in [6, 6.07) is 8.95. The predicted octanol–water partition coefficient (Wildman–Crippen LogP) is 4.75. The van der Waals surface area contributed by atoms with Crippen molar-refractivity contribution in [3.63, 3.8) is 0 Å². The van der Waals surface area contributed by atoms with E-state index in [0.29, 0.717) is 29.8 Å². The maximum atomic E-state index is 13.3. The van der Waals surface area contributed by atoms with Gasteiger partial charge in [0.25, 0.3) is 0 Å². The number of carbonyl (C=O) groups excluding carboxylic acids is 2. The second-order valence-electron chi connectivity index (χ2n) is 9.36. The summed E-state index contributed by atoms with van der Waals surface area (Å²) in [5, 5.41) is 0.572. The number of carbonyl (C=O) groups is 2. The van der Waals surface area contributed by atoms with Gasteiger partial charge in [0.05, 0.1) is 16.9 Å². The Kier molecular flexibility index (Phi) is 6.74. The van der Waals surface area contributed by atoms with Crippen molar-refractivity contribution in [1.82, 2.24) is 4.57 Å². The zero-order chi connectivity index (χ0) is 23.8. The summed E-state index contributed by atoms with van der Waals surface area (Å²) < 4.78 is 31.4. The van der Waals surface area contributed by atoms with Gasteiger partial charge in [0.2, 0.25) is 5.78 Å². The number of ketones is 1. The third kappa shape index (κ3) is 4.76. The minimum Gasteiger partial charge on any atom is -0.457 e. The molecular weight excluding hydrogens is 462 g/mol. The molecule has 1 unspecified atom stereocenters. The molecule has 0 spiro atoms. The number of Topliss-reactive ketones (excluding diaryl/α,β-unsaturated/α-hetero) is 1. The maximum absolute atomic E-state index is 13.3. The van der Waals surface area contributed by atoms with Gasteiger partial charge in [0.15, 0.2) is 16.4 Å². The van der Waals surface area contributed by atoms with Gasteiger partial charge in [-0.05, 0) is 56.9 Å².